The minimum Gasteiger partial charge on any atom is -0.237 e. The Morgan fingerprint density at radius 3 is 1.36 bits per heavy atom. The van der Waals surface area contributed by atoms with Gasteiger partial charge in [-0.2, -0.15) is 0 Å². The largest absolute Gasteiger partial charge is 0.237 e. The van der Waals surface area contributed by atoms with Gasteiger partial charge in [0.15, 0.2) is 0 Å². The van der Waals surface area contributed by atoms with Crippen LogP contribution in [0.1, 0.15) is 53.4 Å². The molecule has 0 aromatic rings. The molecule has 2 heteroatoms. The van der Waals surface area contributed by atoms with Crippen molar-refractivity contribution in [3.63, 3.8) is 0 Å². The van der Waals surface area contributed by atoms with Gasteiger partial charge >= 0.3 is 0 Å². The van der Waals surface area contributed by atoms with Crippen LogP contribution in [0.15, 0.2) is 0 Å². The molecule has 0 atom stereocenters. The van der Waals surface area contributed by atoms with Crippen LogP contribution >= 0.6 is 0 Å². The minimum absolute atomic E-state index is 0.736. The molecule has 14 heavy (non-hydrogen) atoms. The Morgan fingerprint density at radius 2 is 1.07 bits per heavy atom. The van der Waals surface area contributed by atoms with Gasteiger partial charge < -0.3 is 0 Å². The molecule has 0 radical (unpaired) electrons. The van der Waals surface area contributed by atoms with Gasteiger partial charge in [-0.25, -0.2) is 9.78 Å². The summed E-state index contributed by atoms with van der Waals surface area (Å²) in [5.74, 6) is 1.53. The van der Waals surface area contributed by atoms with Crippen molar-refractivity contribution in [1.29, 1.82) is 0 Å². The maximum absolute atomic E-state index is 5.07. The summed E-state index contributed by atoms with van der Waals surface area (Å²) < 4.78 is 0. The first-order valence-electron chi connectivity index (χ1n) is 5.87. The maximum Gasteiger partial charge on any atom is 0.0822 e. The Labute approximate surface area is 88.9 Å². The molecule has 0 saturated carbocycles. The van der Waals surface area contributed by atoms with E-state index in [0.717, 1.165) is 37.9 Å². The second-order valence-electron chi connectivity index (χ2n) is 4.72. The van der Waals surface area contributed by atoms with Gasteiger partial charge in [-0.1, -0.05) is 27.7 Å². The van der Waals surface area contributed by atoms with Crippen molar-refractivity contribution in [3.05, 3.63) is 0 Å². The van der Waals surface area contributed by atoms with Crippen molar-refractivity contribution in [1.82, 2.24) is 0 Å². The first-order valence-corrected chi connectivity index (χ1v) is 5.87. The molecule has 0 aromatic heterocycles. The third-order valence-corrected chi connectivity index (χ3v) is 2.10. The molecule has 0 aliphatic heterocycles. The summed E-state index contributed by atoms with van der Waals surface area (Å²) in [5.41, 5.74) is 0. The standard InChI is InChI=1S/C12H26O2/c1-11(2)7-5-9-13-14-10-6-8-12(3)4/h11-12H,5-10H2,1-4H3. The summed E-state index contributed by atoms with van der Waals surface area (Å²) in [6.07, 6.45) is 4.63. The second kappa shape index (κ2) is 9.47. The number of rotatable bonds is 9. The fraction of sp³-hybridized carbons (Fsp3) is 1.00. The summed E-state index contributed by atoms with van der Waals surface area (Å²) in [7, 11) is 0. The molecular formula is C12H26O2. The molecule has 0 heterocycles. The zero-order valence-corrected chi connectivity index (χ0v) is 10.2. The van der Waals surface area contributed by atoms with Crippen molar-refractivity contribution in [2.24, 2.45) is 11.8 Å². The fourth-order valence-electron chi connectivity index (χ4n) is 1.22. The molecule has 0 unspecified atom stereocenters. The highest BCUT2D eigenvalue weighted by atomic mass is 17.2. The molecule has 0 bridgehead atoms. The van der Waals surface area contributed by atoms with E-state index in [9.17, 15) is 0 Å². The van der Waals surface area contributed by atoms with Crippen LogP contribution in [0.2, 0.25) is 0 Å². The van der Waals surface area contributed by atoms with Gasteiger partial charge in [-0.3, -0.25) is 0 Å². The smallest absolute Gasteiger partial charge is 0.0822 e. The Bertz CT molecular complexity index is 96.9. The average molecular weight is 202 g/mol. The van der Waals surface area contributed by atoms with E-state index in [1.165, 1.54) is 12.8 Å². The monoisotopic (exact) mass is 202 g/mol. The topological polar surface area (TPSA) is 18.5 Å². The lowest BCUT2D eigenvalue weighted by atomic mass is 10.1. The van der Waals surface area contributed by atoms with Crippen LogP contribution in [0.3, 0.4) is 0 Å². The van der Waals surface area contributed by atoms with E-state index in [2.05, 4.69) is 27.7 Å². The number of hydrogen-bond donors (Lipinski definition) is 0. The zero-order valence-electron chi connectivity index (χ0n) is 10.2. The van der Waals surface area contributed by atoms with Gasteiger partial charge in [-0.05, 0) is 37.5 Å². The second-order valence-corrected chi connectivity index (χ2v) is 4.72. The highest BCUT2D eigenvalue weighted by molar-refractivity contribution is 4.44. The van der Waals surface area contributed by atoms with Gasteiger partial charge in [0, 0.05) is 0 Å². The quantitative estimate of drug-likeness (QED) is 0.321. The molecular weight excluding hydrogens is 176 g/mol. The van der Waals surface area contributed by atoms with E-state index in [-0.39, 0.29) is 0 Å². The normalized spacial score (nSPS) is 11.6. The van der Waals surface area contributed by atoms with Gasteiger partial charge in [-0.15, -0.1) is 0 Å². The van der Waals surface area contributed by atoms with Crippen molar-refractivity contribution < 1.29 is 9.78 Å². The Morgan fingerprint density at radius 1 is 0.714 bits per heavy atom. The predicted molar refractivity (Wildman–Crippen MR) is 60.0 cm³/mol. The van der Waals surface area contributed by atoms with E-state index >= 15 is 0 Å². The number of hydrogen-bond acceptors (Lipinski definition) is 2. The van der Waals surface area contributed by atoms with Crippen LogP contribution in [-0.2, 0) is 9.78 Å². The highest BCUT2D eigenvalue weighted by Gasteiger charge is 1.96. The molecule has 0 N–H and O–H groups in total. The molecule has 0 aliphatic carbocycles. The molecule has 0 spiro atoms. The summed E-state index contributed by atoms with van der Waals surface area (Å²) in [5, 5.41) is 0. The molecule has 0 saturated heterocycles. The summed E-state index contributed by atoms with van der Waals surface area (Å²) in [4.78, 5) is 10.1. The molecule has 0 aliphatic rings. The van der Waals surface area contributed by atoms with Crippen LogP contribution in [0.5, 0.6) is 0 Å². The van der Waals surface area contributed by atoms with Crippen LogP contribution in [0.4, 0.5) is 0 Å². The Kier molecular flexibility index (Phi) is 9.42. The molecule has 0 aromatic carbocycles. The van der Waals surface area contributed by atoms with Crippen molar-refractivity contribution >= 4 is 0 Å². The first kappa shape index (κ1) is 13.9. The molecule has 86 valence electrons. The fourth-order valence-corrected chi connectivity index (χ4v) is 1.22. The lowest BCUT2D eigenvalue weighted by Crippen LogP contribution is -2.01. The summed E-state index contributed by atoms with van der Waals surface area (Å²) in [6.45, 7) is 10.4. The third kappa shape index (κ3) is 11.9. The van der Waals surface area contributed by atoms with Gasteiger partial charge in [0.1, 0.15) is 0 Å². The predicted octanol–water partition coefficient (Wildman–Crippen LogP) is 3.81. The molecule has 0 amide bonds. The SMILES string of the molecule is CC(C)CCCOOCCCC(C)C. The highest BCUT2D eigenvalue weighted by Crippen LogP contribution is 2.05. The molecule has 0 fully saturated rings. The molecule has 2 nitrogen and oxygen atoms in total. The van der Waals surface area contributed by atoms with Gasteiger partial charge in [0.2, 0.25) is 0 Å². The van der Waals surface area contributed by atoms with E-state index in [0.29, 0.717) is 0 Å². The Hall–Kier alpha value is -0.0800. The maximum atomic E-state index is 5.07. The van der Waals surface area contributed by atoms with Crippen molar-refractivity contribution in [3.8, 4) is 0 Å². The van der Waals surface area contributed by atoms with Crippen LogP contribution in [0, 0.1) is 11.8 Å². The minimum atomic E-state index is 0.736. The zero-order chi connectivity index (χ0) is 10.8. The summed E-state index contributed by atoms with van der Waals surface area (Å²) >= 11 is 0. The first-order chi connectivity index (χ1) is 6.63. The lowest BCUT2D eigenvalue weighted by Gasteiger charge is -2.06. The van der Waals surface area contributed by atoms with Crippen molar-refractivity contribution in [2.45, 2.75) is 53.4 Å². The van der Waals surface area contributed by atoms with E-state index in [1.54, 1.807) is 0 Å². The molecule has 0 rings (SSSR count). The van der Waals surface area contributed by atoms with Crippen LogP contribution in [0.25, 0.3) is 0 Å². The third-order valence-electron chi connectivity index (χ3n) is 2.10. The van der Waals surface area contributed by atoms with E-state index in [1.807, 2.05) is 0 Å². The average Bonchev–Trinajstić information content (AvgIpc) is 2.08. The lowest BCUT2D eigenvalue weighted by molar-refractivity contribution is -0.295. The summed E-state index contributed by atoms with van der Waals surface area (Å²) in [6, 6.07) is 0. The van der Waals surface area contributed by atoms with Gasteiger partial charge in [0.25, 0.3) is 0 Å². The van der Waals surface area contributed by atoms with Crippen molar-refractivity contribution in [2.75, 3.05) is 13.2 Å². The van der Waals surface area contributed by atoms with Crippen LogP contribution in [-0.4, -0.2) is 13.2 Å². The van der Waals surface area contributed by atoms with E-state index < -0.39 is 0 Å². The van der Waals surface area contributed by atoms with E-state index in [4.69, 9.17) is 9.78 Å². The van der Waals surface area contributed by atoms with Gasteiger partial charge in [0.05, 0.1) is 13.2 Å². The van der Waals surface area contributed by atoms with Crippen LogP contribution < -0.4 is 0 Å². The Balaban J connectivity index is 2.92.